The zero-order valence-corrected chi connectivity index (χ0v) is 28.1. The molecule has 0 bridgehead atoms. The first kappa shape index (κ1) is 34.5. The second-order valence-corrected chi connectivity index (χ2v) is 13.9. The molecular formula is C38H40N4O5S. The highest BCUT2D eigenvalue weighted by molar-refractivity contribution is 7.99. The molecule has 5 rings (SSSR count). The summed E-state index contributed by atoms with van der Waals surface area (Å²) in [5.41, 5.74) is 1.58. The molecule has 0 unspecified atom stereocenters. The number of ketones is 1. The standard InChI is InChI=1S/C38H40N4O5S/c1-38(2,3)42-36(45)30-14-6-4-11-26(30)20-34(43)27(24-48-29-13-8-18-39-23-29)21-35(44)33(22-28-12-9-19-47-28)41-37(46)32-17-16-25-10-5-7-15-31(25)40-32/h4-19,23,27,33-34,43H,20-22,24H2,1-3H3,(H,41,46)(H,42,45)/t27-,33-,34+/m0/s1. The maximum Gasteiger partial charge on any atom is 0.270 e. The number of fused-ring (bicyclic) bond motifs is 1. The third-order valence-electron chi connectivity index (χ3n) is 7.80. The van der Waals surface area contributed by atoms with Crippen molar-refractivity contribution in [1.29, 1.82) is 0 Å². The Kier molecular flexibility index (Phi) is 11.4. The van der Waals surface area contributed by atoms with E-state index in [0.29, 0.717) is 28.2 Å². The number of nitrogens with one attached hydrogen (secondary N) is 2. The number of carbonyl (C=O) groups excluding carboxylic acids is 3. The number of aromatic nitrogens is 2. The number of furan rings is 1. The van der Waals surface area contributed by atoms with Crippen molar-refractivity contribution in [3.8, 4) is 0 Å². The number of benzene rings is 2. The molecule has 3 heterocycles. The van der Waals surface area contributed by atoms with E-state index in [0.717, 1.165) is 10.3 Å². The number of para-hydroxylation sites is 1. The molecule has 248 valence electrons. The lowest BCUT2D eigenvalue weighted by Crippen LogP contribution is -2.44. The van der Waals surface area contributed by atoms with Crippen LogP contribution in [0.25, 0.3) is 10.9 Å². The number of aliphatic hydroxyl groups excluding tert-OH is 1. The van der Waals surface area contributed by atoms with Crippen molar-refractivity contribution in [2.45, 2.75) is 62.6 Å². The number of Topliss-reactive ketones (excluding diaryl/α,β-unsaturated/α-hetero) is 1. The maximum absolute atomic E-state index is 14.1. The van der Waals surface area contributed by atoms with Gasteiger partial charge in [-0.05, 0) is 75.2 Å². The van der Waals surface area contributed by atoms with Gasteiger partial charge in [-0.1, -0.05) is 42.5 Å². The van der Waals surface area contributed by atoms with Gasteiger partial charge < -0.3 is 20.2 Å². The van der Waals surface area contributed by atoms with Gasteiger partial charge in [0.05, 0.1) is 23.9 Å². The molecule has 0 saturated carbocycles. The molecule has 48 heavy (non-hydrogen) atoms. The molecule has 10 heteroatoms. The van der Waals surface area contributed by atoms with E-state index >= 15 is 0 Å². The van der Waals surface area contributed by atoms with Crippen LogP contribution in [0.2, 0.25) is 0 Å². The number of thioether (sulfide) groups is 1. The Morgan fingerprint density at radius 2 is 1.69 bits per heavy atom. The summed E-state index contributed by atoms with van der Waals surface area (Å²) in [7, 11) is 0. The molecule has 2 aromatic carbocycles. The summed E-state index contributed by atoms with van der Waals surface area (Å²) in [5.74, 6) is -0.535. The molecule has 3 N–H and O–H groups in total. The molecule has 2 amide bonds. The SMILES string of the molecule is CC(C)(C)NC(=O)c1ccccc1C[C@@H](O)[C@H](CSc1cccnc1)CC(=O)[C@H](Cc1ccco1)NC(=O)c1ccc2ccccc2n1. The van der Waals surface area contributed by atoms with Crippen LogP contribution in [0.15, 0.2) is 113 Å². The summed E-state index contributed by atoms with van der Waals surface area (Å²) in [5, 5.41) is 18.5. The Labute approximate surface area is 284 Å². The monoisotopic (exact) mass is 664 g/mol. The van der Waals surface area contributed by atoms with Crippen LogP contribution in [0.4, 0.5) is 0 Å². The molecule has 0 fully saturated rings. The zero-order valence-electron chi connectivity index (χ0n) is 27.3. The number of hydrogen-bond donors (Lipinski definition) is 3. The number of pyridine rings is 2. The molecule has 0 aliphatic carbocycles. The predicted molar refractivity (Wildman–Crippen MR) is 187 cm³/mol. The summed E-state index contributed by atoms with van der Waals surface area (Å²) < 4.78 is 5.55. The average Bonchev–Trinajstić information content (AvgIpc) is 3.59. The largest absolute Gasteiger partial charge is 0.469 e. The van der Waals surface area contributed by atoms with Crippen molar-refractivity contribution in [1.82, 2.24) is 20.6 Å². The lowest BCUT2D eigenvalue weighted by molar-refractivity contribution is -0.122. The van der Waals surface area contributed by atoms with Crippen LogP contribution < -0.4 is 10.6 Å². The summed E-state index contributed by atoms with van der Waals surface area (Å²) >= 11 is 1.49. The van der Waals surface area contributed by atoms with Gasteiger partial charge in [-0.15, -0.1) is 11.8 Å². The van der Waals surface area contributed by atoms with Gasteiger partial charge in [-0.3, -0.25) is 19.4 Å². The third kappa shape index (κ3) is 9.62. The van der Waals surface area contributed by atoms with Gasteiger partial charge in [-0.25, -0.2) is 4.98 Å². The minimum absolute atomic E-state index is 0.0262. The van der Waals surface area contributed by atoms with Crippen LogP contribution in [0.5, 0.6) is 0 Å². The Balaban J connectivity index is 1.38. The van der Waals surface area contributed by atoms with E-state index in [1.54, 1.807) is 42.7 Å². The van der Waals surface area contributed by atoms with Gasteiger partial charge >= 0.3 is 0 Å². The van der Waals surface area contributed by atoms with E-state index < -0.39 is 29.5 Å². The number of carbonyl (C=O) groups is 3. The molecule has 3 aromatic heterocycles. The minimum Gasteiger partial charge on any atom is -0.469 e. The lowest BCUT2D eigenvalue weighted by Gasteiger charge is -2.26. The highest BCUT2D eigenvalue weighted by Crippen LogP contribution is 2.27. The van der Waals surface area contributed by atoms with E-state index in [9.17, 15) is 19.5 Å². The van der Waals surface area contributed by atoms with Crippen LogP contribution in [0, 0.1) is 5.92 Å². The highest BCUT2D eigenvalue weighted by atomic mass is 32.2. The Morgan fingerprint density at radius 3 is 2.44 bits per heavy atom. The third-order valence-corrected chi connectivity index (χ3v) is 8.97. The minimum atomic E-state index is -0.969. The van der Waals surface area contributed by atoms with Crippen LogP contribution in [-0.2, 0) is 17.6 Å². The highest BCUT2D eigenvalue weighted by Gasteiger charge is 2.30. The fourth-order valence-electron chi connectivity index (χ4n) is 5.36. The van der Waals surface area contributed by atoms with Crippen LogP contribution in [0.3, 0.4) is 0 Å². The quantitative estimate of drug-likeness (QED) is 0.122. The maximum atomic E-state index is 14.1. The topological polar surface area (TPSA) is 134 Å². The fourth-order valence-corrected chi connectivity index (χ4v) is 6.42. The molecule has 0 saturated heterocycles. The zero-order chi connectivity index (χ0) is 34.1. The van der Waals surface area contributed by atoms with Crippen molar-refractivity contribution in [3.05, 3.63) is 126 Å². The van der Waals surface area contributed by atoms with E-state index in [1.807, 2.05) is 75.4 Å². The van der Waals surface area contributed by atoms with Gasteiger partial charge in [0.2, 0.25) is 0 Å². The first-order valence-corrected chi connectivity index (χ1v) is 16.9. The molecular weight excluding hydrogens is 625 g/mol. The predicted octanol–water partition coefficient (Wildman–Crippen LogP) is 6.06. The van der Waals surface area contributed by atoms with Gasteiger partial charge in [0.1, 0.15) is 11.5 Å². The van der Waals surface area contributed by atoms with E-state index in [-0.39, 0.29) is 36.6 Å². The van der Waals surface area contributed by atoms with E-state index in [2.05, 4.69) is 20.6 Å². The lowest BCUT2D eigenvalue weighted by atomic mass is 9.89. The summed E-state index contributed by atoms with van der Waals surface area (Å²) in [4.78, 5) is 50.3. The summed E-state index contributed by atoms with van der Waals surface area (Å²) in [6.07, 6.45) is 4.25. The number of rotatable bonds is 14. The van der Waals surface area contributed by atoms with Gasteiger partial charge in [0.15, 0.2) is 5.78 Å². The van der Waals surface area contributed by atoms with E-state index in [4.69, 9.17) is 4.42 Å². The van der Waals surface area contributed by atoms with Crippen LogP contribution in [0.1, 0.15) is 59.4 Å². The fraction of sp³-hybridized carbons (Fsp3) is 0.289. The van der Waals surface area contributed by atoms with Gasteiger partial charge in [-0.2, -0.15) is 0 Å². The summed E-state index contributed by atoms with van der Waals surface area (Å²) in [6.45, 7) is 5.73. The van der Waals surface area contributed by atoms with Crippen molar-refractivity contribution < 1.29 is 23.9 Å². The number of amides is 2. The first-order chi connectivity index (χ1) is 23.1. The number of hydrogen-bond acceptors (Lipinski definition) is 8. The Morgan fingerprint density at radius 1 is 0.896 bits per heavy atom. The second-order valence-electron chi connectivity index (χ2n) is 12.8. The molecule has 5 aromatic rings. The van der Waals surface area contributed by atoms with Crippen LogP contribution >= 0.6 is 11.8 Å². The summed E-state index contributed by atoms with van der Waals surface area (Å²) in [6, 6.07) is 24.4. The number of aliphatic hydroxyl groups is 1. The van der Waals surface area contributed by atoms with E-state index in [1.165, 1.54) is 18.0 Å². The average molecular weight is 665 g/mol. The van der Waals surface area contributed by atoms with Crippen molar-refractivity contribution in [2.75, 3.05) is 5.75 Å². The smallest absolute Gasteiger partial charge is 0.270 e. The van der Waals surface area contributed by atoms with Crippen molar-refractivity contribution in [3.63, 3.8) is 0 Å². The Hall–Kier alpha value is -4.80. The second kappa shape index (κ2) is 15.9. The Bertz CT molecular complexity index is 1840. The van der Waals surface area contributed by atoms with Gasteiger partial charge in [0.25, 0.3) is 11.8 Å². The number of nitrogens with zero attached hydrogens (tertiary/aromatic N) is 2. The molecule has 0 aliphatic rings. The molecule has 0 radical (unpaired) electrons. The molecule has 9 nitrogen and oxygen atoms in total. The van der Waals surface area contributed by atoms with Crippen molar-refractivity contribution in [2.24, 2.45) is 5.92 Å². The van der Waals surface area contributed by atoms with Gasteiger partial charge in [0, 0.05) is 58.3 Å². The molecule has 3 atom stereocenters. The molecule has 0 aliphatic heterocycles. The van der Waals surface area contributed by atoms with Crippen LogP contribution in [-0.4, -0.2) is 56.1 Å². The normalized spacial score (nSPS) is 13.4. The first-order valence-electron chi connectivity index (χ1n) is 15.9. The van der Waals surface area contributed by atoms with Crippen molar-refractivity contribution >= 4 is 40.3 Å². The molecule has 0 spiro atoms.